The minimum Gasteiger partial charge on any atom is -0.486 e. The Kier molecular flexibility index (Phi) is 3.37. The van der Waals surface area contributed by atoms with Crippen LogP contribution in [0.2, 0.25) is 0 Å². The molecule has 108 valence electrons. The van der Waals surface area contributed by atoms with Gasteiger partial charge in [-0.2, -0.15) is 0 Å². The molecule has 0 bridgehead atoms. The minimum absolute atomic E-state index is 0.117. The van der Waals surface area contributed by atoms with Gasteiger partial charge in [0.2, 0.25) is 0 Å². The first kappa shape index (κ1) is 13.6. The summed E-state index contributed by atoms with van der Waals surface area (Å²) in [7, 11) is 0. The number of nitrogens with zero attached hydrogens (tertiary/aromatic N) is 1. The Morgan fingerprint density at radius 3 is 2.95 bits per heavy atom. The molecule has 21 heavy (non-hydrogen) atoms. The Morgan fingerprint density at radius 1 is 1.33 bits per heavy atom. The lowest BCUT2D eigenvalue weighted by Gasteiger charge is -2.18. The quantitative estimate of drug-likeness (QED) is 0.941. The molecule has 0 unspecified atom stereocenters. The molecule has 0 saturated carbocycles. The van der Waals surface area contributed by atoms with Crippen molar-refractivity contribution in [3.8, 4) is 5.75 Å². The highest BCUT2D eigenvalue weighted by atomic mass is 16.5. The number of pyridine rings is 1. The summed E-state index contributed by atoms with van der Waals surface area (Å²) in [5.41, 5.74) is 2.41. The summed E-state index contributed by atoms with van der Waals surface area (Å²) < 4.78 is 5.93. The average Bonchev–Trinajstić information content (AvgIpc) is 2.79. The smallest absolute Gasteiger partial charge is 0.255 e. The van der Waals surface area contributed by atoms with E-state index < -0.39 is 0 Å². The first-order chi connectivity index (χ1) is 10.1. The van der Waals surface area contributed by atoms with Gasteiger partial charge in [-0.1, -0.05) is 18.2 Å². The Bertz CT molecular complexity index is 666. The lowest BCUT2D eigenvalue weighted by Crippen LogP contribution is -2.26. The van der Waals surface area contributed by atoms with E-state index in [0.717, 1.165) is 17.5 Å². The van der Waals surface area contributed by atoms with Crippen molar-refractivity contribution in [3.05, 3.63) is 59.4 Å². The normalized spacial score (nSPS) is 15.1. The average molecular weight is 282 g/mol. The van der Waals surface area contributed by atoms with Crippen LogP contribution in [-0.4, -0.2) is 16.5 Å². The van der Waals surface area contributed by atoms with E-state index in [0.29, 0.717) is 17.9 Å². The molecule has 2 aromatic rings. The Morgan fingerprint density at radius 2 is 2.19 bits per heavy atom. The first-order valence-corrected chi connectivity index (χ1v) is 7.03. The van der Waals surface area contributed by atoms with Gasteiger partial charge in [-0.15, -0.1) is 0 Å². The van der Waals surface area contributed by atoms with Crippen LogP contribution in [0.3, 0.4) is 0 Å². The van der Waals surface area contributed by atoms with Gasteiger partial charge in [0.15, 0.2) is 0 Å². The van der Waals surface area contributed by atoms with Crippen molar-refractivity contribution in [1.82, 2.24) is 10.3 Å². The molecule has 1 aliphatic rings. The van der Waals surface area contributed by atoms with E-state index in [9.17, 15) is 4.79 Å². The molecule has 0 atom stereocenters. The van der Waals surface area contributed by atoms with Gasteiger partial charge in [-0.25, -0.2) is 0 Å². The van der Waals surface area contributed by atoms with E-state index in [1.165, 1.54) is 0 Å². The number of hydrogen-bond acceptors (Lipinski definition) is 3. The number of rotatable bonds is 3. The third kappa shape index (κ3) is 2.89. The molecule has 3 rings (SSSR count). The molecule has 0 fully saturated rings. The number of amides is 1. The number of para-hydroxylation sites is 1. The zero-order valence-corrected chi connectivity index (χ0v) is 12.2. The maximum Gasteiger partial charge on any atom is 0.255 e. The van der Waals surface area contributed by atoms with Crippen molar-refractivity contribution in [2.45, 2.75) is 32.4 Å². The molecule has 4 nitrogen and oxygen atoms in total. The Balaban J connectivity index is 1.76. The number of benzene rings is 1. The fraction of sp³-hybridized carbons (Fsp3) is 0.294. The lowest BCUT2D eigenvalue weighted by molar-refractivity contribution is 0.0937. The summed E-state index contributed by atoms with van der Waals surface area (Å²) in [6, 6.07) is 9.51. The van der Waals surface area contributed by atoms with Crippen molar-refractivity contribution in [1.29, 1.82) is 0 Å². The van der Waals surface area contributed by atoms with E-state index in [4.69, 9.17) is 4.74 Å². The van der Waals surface area contributed by atoms with E-state index in [-0.39, 0.29) is 11.5 Å². The summed E-state index contributed by atoms with van der Waals surface area (Å²) in [5.74, 6) is 0.597. The van der Waals surface area contributed by atoms with Crippen LogP contribution in [0.1, 0.15) is 35.3 Å². The van der Waals surface area contributed by atoms with Crippen LogP contribution in [0.25, 0.3) is 0 Å². The van der Waals surface area contributed by atoms with E-state index in [2.05, 4.69) is 10.3 Å². The number of hydrogen-bond donors (Lipinski definition) is 1. The van der Waals surface area contributed by atoms with Crippen molar-refractivity contribution in [2.75, 3.05) is 0 Å². The maximum atomic E-state index is 12.4. The van der Waals surface area contributed by atoms with Crippen LogP contribution in [-0.2, 0) is 13.0 Å². The second-order valence-electron chi connectivity index (χ2n) is 5.88. The van der Waals surface area contributed by atoms with E-state index >= 15 is 0 Å². The highest BCUT2D eigenvalue weighted by Gasteiger charge is 2.32. The number of carbonyl (C=O) groups is 1. The van der Waals surface area contributed by atoms with Gasteiger partial charge in [-0.3, -0.25) is 9.78 Å². The zero-order chi connectivity index (χ0) is 14.9. The maximum absolute atomic E-state index is 12.4. The molecule has 1 aliphatic heterocycles. The van der Waals surface area contributed by atoms with Gasteiger partial charge in [0, 0.05) is 25.4 Å². The van der Waals surface area contributed by atoms with Crippen LogP contribution >= 0.6 is 0 Å². The number of nitrogens with one attached hydrogen (secondary N) is 1. The van der Waals surface area contributed by atoms with Crippen molar-refractivity contribution >= 4 is 5.91 Å². The molecule has 1 amide bonds. The largest absolute Gasteiger partial charge is 0.486 e. The van der Waals surface area contributed by atoms with Crippen LogP contribution in [0.15, 0.2) is 42.7 Å². The number of carbonyl (C=O) groups excluding carboxylic acids is 1. The lowest BCUT2D eigenvalue weighted by atomic mass is 10.0. The molecule has 2 heterocycles. The Hall–Kier alpha value is -2.36. The van der Waals surface area contributed by atoms with Crippen LogP contribution < -0.4 is 10.1 Å². The fourth-order valence-corrected chi connectivity index (χ4v) is 2.57. The summed E-state index contributed by atoms with van der Waals surface area (Å²) in [4.78, 5) is 16.4. The molecule has 1 N–H and O–H groups in total. The molecular formula is C17H18N2O2. The molecule has 0 saturated heterocycles. The monoisotopic (exact) mass is 282 g/mol. The highest BCUT2D eigenvalue weighted by Crippen LogP contribution is 2.37. The second kappa shape index (κ2) is 5.20. The topological polar surface area (TPSA) is 51.2 Å². The highest BCUT2D eigenvalue weighted by molar-refractivity contribution is 5.97. The predicted molar refractivity (Wildman–Crippen MR) is 80.3 cm³/mol. The Labute approximate surface area is 124 Å². The van der Waals surface area contributed by atoms with Crippen molar-refractivity contribution < 1.29 is 9.53 Å². The molecule has 0 spiro atoms. The molecule has 1 aromatic carbocycles. The van der Waals surface area contributed by atoms with Gasteiger partial charge >= 0.3 is 0 Å². The molecule has 0 aliphatic carbocycles. The van der Waals surface area contributed by atoms with Gasteiger partial charge in [0.25, 0.3) is 5.91 Å². The molecule has 1 aromatic heterocycles. The third-order valence-electron chi connectivity index (χ3n) is 3.51. The third-order valence-corrected chi connectivity index (χ3v) is 3.51. The summed E-state index contributed by atoms with van der Waals surface area (Å²) in [6.45, 7) is 4.52. The van der Waals surface area contributed by atoms with Crippen molar-refractivity contribution in [3.63, 3.8) is 0 Å². The van der Waals surface area contributed by atoms with Crippen LogP contribution in [0, 0.1) is 0 Å². The molecule has 4 heteroatoms. The fourth-order valence-electron chi connectivity index (χ4n) is 2.57. The van der Waals surface area contributed by atoms with Gasteiger partial charge in [-0.05, 0) is 37.1 Å². The molecule has 0 radical (unpaired) electrons. The minimum atomic E-state index is -0.248. The van der Waals surface area contributed by atoms with Gasteiger partial charge in [0.1, 0.15) is 11.4 Å². The molecular weight excluding hydrogens is 264 g/mol. The summed E-state index contributed by atoms with van der Waals surface area (Å²) >= 11 is 0. The van der Waals surface area contributed by atoms with Crippen LogP contribution in [0.5, 0.6) is 5.75 Å². The van der Waals surface area contributed by atoms with E-state index in [1.807, 2.05) is 38.1 Å². The summed E-state index contributed by atoms with van der Waals surface area (Å²) in [6.07, 6.45) is 4.28. The number of fused-ring (bicyclic) bond motifs is 1. The standard InChI is InChI=1S/C17H18N2O2/c1-17(2)9-13-6-3-7-14(15(13)21-17)16(20)19-11-12-5-4-8-18-10-12/h3-8,10H,9,11H2,1-2H3,(H,19,20). The van der Waals surface area contributed by atoms with Crippen LogP contribution in [0.4, 0.5) is 0 Å². The van der Waals surface area contributed by atoms with E-state index in [1.54, 1.807) is 18.5 Å². The second-order valence-corrected chi connectivity index (χ2v) is 5.88. The SMILES string of the molecule is CC1(C)Cc2cccc(C(=O)NCc3cccnc3)c2O1. The zero-order valence-electron chi connectivity index (χ0n) is 12.2. The summed E-state index contributed by atoms with van der Waals surface area (Å²) in [5, 5.41) is 2.91. The number of ether oxygens (including phenoxy) is 1. The van der Waals surface area contributed by atoms with Crippen molar-refractivity contribution in [2.24, 2.45) is 0 Å². The number of aromatic nitrogens is 1. The van der Waals surface area contributed by atoms with Gasteiger partial charge < -0.3 is 10.1 Å². The van der Waals surface area contributed by atoms with Gasteiger partial charge in [0.05, 0.1) is 5.56 Å². The first-order valence-electron chi connectivity index (χ1n) is 7.03. The predicted octanol–water partition coefficient (Wildman–Crippen LogP) is 2.73.